The minimum absolute atomic E-state index is 0.390. The van der Waals surface area contributed by atoms with Crippen LogP contribution in [0.4, 0.5) is 16.3 Å². The van der Waals surface area contributed by atoms with Crippen molar-refractivity contribution in [3.05, 3.63) is 43.0 Å². The number of anilines is 2. The van der Waals surface area contributed by atoms with Crippen LogP contribution in [0.5, 0.6) is 0 Å². The molecule has 0 fully saturated rings. The summed E-state index contributed by atoms with van der Waals surface area (Å²) in [5, 5.41) is 0. The summed E-state index contributed by atoms with van der Waals surface area (Å²) in [6.07, 6.45) is 8.33. The molecule has 0 aromatic carbocycles. The van der Waals surface area contributed by atoms with Gasteiger partial charge in [-0.2, -0.15) is 0 Å². The number of carbonyl (C=O) groups is 1. The van der Waals surface area contributed by atoms with E-state index in [9.17, 15) is 4.79 Å². The maximum atomic E-state index is 12.0. The van der Waals surface area contributed by atoms with Gasteiger partial charge in [0.15, 0.2) is 5.82 Å². The molecular weight excluding hydrogens is 268 g/mol. The van der Waals surface area contributed by atoms with Crippen LogP contribution in [-0.4, -0.2) is 28.1 Å². The average molecular weight is 288 g/mol. The van der Waals surface area contributed by atoms with Gasteiger partial charge in [-0.05, 0) is 39.0 Å². The minimum Gasteiger partial charge on any atom is -0.443 e. The Morgan fingerprint density at radius 3 is 2.76 bits per heavy atom. The zero-order valence-corrected chi connectivity index (χ0v) is 12.5. The summed E-state index contributed by atoms with van der Waals surface area (Å²) in [4.78, 5) is 19.5. The summed E-state index contributed by atoms with van der Waals surface area (Å²) in [7, 11) is 0. The standard InChI is InChI=1S/C15H20N4O2/c1-15(2,3)21-14(20)19-9-5-8-18(10-11-19)13-12(16)6-4-7-17-13/h4-8,10-11H,9,16H2,1-3H3. The maximum Gasteiger partial charge on any atom is 0.414 e. The van der Waals surface area contributed by atoms with Crippen LogP contribution in [0.2, 0.25) is 0 Å². The Balaban J connectivity index is 2.14. The summed E-state index contributed by atoms with van der Waals surface area (Å²) in [6.45, 7) is 5.93. The quantitative estimate of drug-likeness (QED) is 0.860. The summed E-state index contributed by atoms with van der Waals surface area (Å²) < 4.78 is 5.34. The SMILES string of the molecule is CC(C)(C)OC(=O)N1C=CN(c2ncccc2N)C=CC1. The molecule has 2 rings (SSSR count). The third kappa shape index (κ3) is 3.98. The predicted octanol–water partition coefficient (Wildman–Crippen LogP) is 2.71. The van der Waals surface area contributed by atoms with E-state index in [4.69, 9.17) is 10.5 Å². The van der Waals surface area contributed by atoms with Gasteiger partial charge in [-0.3, -0.25) is 4.90 Å². The van der Waals surface area contributed by atoms with E-state index < -0.39 is 5.60 Å². The number of aromatic nitrogens is 1. The number of rotatable bonds is 1. The Hall–Kier alpha value is -2.50. The summed E-state index contributed by atoms with van der Waals surface area (Å²) in [5.74, 6) is 0.621. The van der Waals surface area contributed by atoms with Gasteiger partial charge < -0.3 is 15.4 Å². The number of carbonyl (C=O) groups excluding carboxylic acids is 1. The van der Waals surface area contributed by atoms with Crippen molar-refractivity contribution in [1.82, 2.24) is 9.88 Å². The molecule has 0 saturated carbocycles. The van der Waals surface area contributed by atoms with Crippen LogP contribution in [0.3, 0.4) is 0 Å². The highest BCUT2D eigenvalue weighted by Crippen LogP contribution is 2.21. The Kier molecular flexibility index (Phi) is 4.16. The fraction of sp³-hybridized carbons (Fsp3) is 0.333. The molecule has 1 aromatic rings. The fourth-order valence-electron chi connectivity index (χ4n) is 1.76. The van der Waals surface area contributed by atoms with Crippen LogP contribution in [0.25, 0.3) is 0 Å². The lowest BCUT2D eigenvalue weighted by atomic mass is 10.2. The minimum atomic E-state index is -0.522. The molecule has 0 spiro atoms. The third-order valence-corrected chi connectivity index (χ3v) is 2.66. The van der Waals surface area contributed by atoms with Crippen molar-refractivity contribution in [3.8, 4) is 0 Å². The zero-order chi connectivity index (χ0) is 15.5. The second kappa shape index (κ2) is 5.87. The van der Waals surface area contributed by atoms with E-state index in [1.54, 1.807) is 35.6 Å². The lowest BCUT2D eigenvalue weighted by Crippen LogP contribution is -2.33. The second-order valence-corrected chi connectivity index (χ2v) is 5.64. The maximum absolute atomic E-state index is 12.0. The highest BCUT2D eigenvalue weighted by Gasteiger charge is 2.21. The molecule has 1 aromatic heterocycles. The lowest BCUT2D eigenvalue weighted by molar-refractivity contribution is 0.0352. The second-order valence-electron chi connectivity index (χ2n) is 5.64. The molecule has 0 unspecified atom stereocenters. The van der Waals surface area contributed by atoms with Gasteiger partial charge >= 0.3 is 6.09 Å². The number of hydrogen-bond acceptors (Lipinski definition) is 5. The monoisotopic (exact) mass is 288 g/mol. The number of amides is 1. The zero-order valence-electron chi connectivity index (χ0n) is 12.5. The van der Waals surface area contributed by atoms with Crippen molar-refractivity contribution >= 4 is 17.6 Å². The summed E-state index contributed by atoms with van der Waals surface area (Å²) >= 11 is 0. The molecule has 6 nitrogen and oxygen atoms in total. The normalized spacial score (nSPS) is 15.0. The molecular formula is C15H20N4O2. The Morgan fingerprint density at radius 2 is 2.10 bits per heavy atom. The first kappa shape index (κ1) is 14.9. The van der Waals surface area contributed by atoms with Crippen LogP contribution in [0, 0.1) is 0 Å². The van der Waals surface area contributed by atoms with Crippen molar-refractivity contribution < 1.29 is 9.53 Å². The van der Waals surface area contributed by atoms with Crippen molar-refractivity contribution in [2.24, 2.45) is 0 Å². The van der Waals surface area contributed by atoms with Gasteiger partial charge in [0, 0.05) is 31.3 Å². The third-order valence-electron chi connectivity index (χ3n) is 2.66. The van der Waals surface area contributed by atoms with Crippen molar-refractivity contribution in [2.45, 2.75) is 26.4 Å². The molecule has 0 saturated heterocycles. The molecule has 2 N–H and O–H groups in total. The first-order valence-corrected chi connectivity index (χ1v) is 6.70. The van der Waals surface area contributed by atoms with E-state index in [0.29, 0.717) is 18.1 Å². The first-order valence-electron chi connectivity index (χ1n) is 6.70. The predicted molar refractivity (Wildman–Crippen MR) is 82.3 cm³/mol. The molecule has 0 atom stereocenters. The molecule has 2 heterocycles. The van der Waals surface area contributed by atoms with Gasteiger partial charge in [-0.1, -0.05) is 0 Å². The molecule has 0 aliphatic carbocycles. The van der Waals surface area contributed by atoms with Gasteiger partial charge in [0.25, 0.3) is 0 Å². The smallest absolute Gasteiger partial charge is 0.414 e. The molecule has 112 valence electrons. The lowest BCUT2D eigenvalue weighted by Gasteiger charge is -2.24. The number of nitrogens with two attached hydrogens (primary N) is 1. The Bertz CT molecular complexity index is 575. The van der Waals surface area contributed by atoms with Gasteiger partial charge in [0.05, 0.1) is 5.69 Å². The van der Waals surface area contributed by atoms with Crippen LogP contribution >= 0.6 is 0 Å². The van der Waals surface area contributed by atoms with Gasteiger partial charge in [0.1, 0.15) is 5.60 Å². The number of nitrogens with zero attached hydrogens (tertiary/aromatic N) is 3. The molecule has 6 heteroatoms. The Morgan fingerprint density at radius 1 is 1.33 bits per heavy atom. The fourth-order valence-corrected chi connectivity index (χ4v) is 1.76. The van der Waals surface area contributed by atoms with Crippen molar-refractivity contribution in [3.63, 3.8) is 0 Å². The highest BCUT2D eigenvalue weighted by molar-refractivity contribution is 5.71. The molecule has 21 heavy (non-hydrogen) atoms. The number of nitrogen functional groups attached to an aromatic ring is 1. The van der Waals surface area contributed by atoms with Crippen LogP contribution in [0.15, 0.2) is 43.0 Å². The van der Waals surface area contributed by atoms with Crippen LogP contribution < -0.4 is 10.6 Å². The van der Waals surface area contributed by atoms with E-state index in [2.05, 4.69) is 4.98 Å². The molecule has 1 aliphatic rings. The number of ether oxygens (including phenoxy) is 1. The molecule has 1 aliphatic heterocycles. The first-order chi connectivity index (χ1) is 9.87. The van der Waals surface area contributed by atoms with E-state index >= 15 is 0 Å². The molecule has 0 radical (unpaired) electrons. The van der Waals surface area contributed by atoms with E-state index in [-0.39, 0.29) is 6.09 Å². The van der Waals surface area contributed by atoms with Crippen molar-refractivity contribution in [2.75, 3.05) is 17.2 Å². The van der Waals surface area contributed by atoms with Crippen LogP contribution in [-0.2, 0) is 4.74 Å². The molecule has 1 amide bonds. The highest BCUT2D eigenvalue weighted by atomic mass is 16.6. The Labute approximate surface area is 124 Å². The molecule has 0 bridgehead atoms. The summed E-state index contributed by atoms with van der Waals surface area (Å²) in [6, 6.07) is 3.55. The van der Waals surface area contributed by atoms with E-state index in [1.165, 1.54) is 4.90 Å². The summed E-state index contributed by atoms with van der Waals surface area (Å²) in [5.41, 5.74) is 5.95. The number of pyridine rings is 1. The topological polar surface area (TPSA) is 71.7 Å². The van der Waals surface area contributed by atoms with E-state index in [1.807, 2.05) is 33.0 Å². The largest absolute Gasteiger partial charge is 0.443 e. The van der Waals surface area contributed by atoms with Gasteiger partial charge in [0.2, 0.25) is 0 Å². The van der Waals surface area contributed by atoms with Crippen LogP contribution in [0.1, 0.15) is 20.8 Å². The average Bonchev–Trinajstić information content (AvgIpc) is 2.63. The van der Waals surface area contributed by atoms with Gasteiger partial charge in [-0.15, -0.1) is 0 Å². The van der Waals surface area contributed by atoms with E-state index in [0.717, 1.165) is 0 Å². The van der Waals surface area contributed by atoms with Crippen molar-refractivity contribution in [1.29, 1.82) is 0 Å². The number of hydrogen-bond donors (Lipinski definition) is 1. The van der Waals surface area contributed by atoms with Gasteiger partial charge in [-0.25, -0.2) is 9.78 Å².